The summed E-state index contributed by atoms with van der Waals surface area (Å²) in [6.07, 6.45) is -0.735. The molecule has 0 heterocycles. The van der Waals surface area contributed by atoms with E-state index < -0.39 is 6.10 Å². The van der Waals surface area contributed by atoms with Crippen LogP contribution in [0.15, 0.2) is 40.9 Å². The van der Waals surface area contributed by atoms with Crippen molar-refractivity contribution < 1.29 is 23.4 Å². The van der Waals surface area contributed by atoms with Crippen molar-refractivity contribution in [2.24, 2.45) is 0 Å². The molecular formula is C19H21BrFNO4. The van der Waals surface area contributed by atoms with E-state index in [1.807, 2.05) is 19.1 Å². The molecule has 0 spiro atoms. The van der Waals surface area contributed by atoms with E-state index in [-0.39, 0.29) is 11.7 Å². The molecule has 0 radical (unpaired) electrons. The van der Waals surface area contributed by atoms with Gasteiger partial charge >= 0.3 is 0 Å². The number of carbonyl (C=O) groups is 1. The first-order valence-corrected chi connectivity index (χ1v) is 8.93. The van der Waals surface area contributed by atoms with Gasteiger partial charge in [-0.25, -0.2) is 4.39 Å². The van der Waals surface area contributed by atoms with Crippen LogP contribution >= 0.6 is 15.9 Å². The Labute approximate surface area is 160 Å². The van der Waals surface area contributed by atoms with Crippen LogP contribution in [0.25, 0.3) is 0 Å². The van der Waals surface area contributed by atoms with Gasteiger partial charge in [-0.1, -0.05) is 6.07 Å². The van der Waals surface area contributed by atoms with Crippen LogP contribution in [-0.2, 0) is 11.3 Å². The number of methoxy groups -OCH3 is 1. The molecule has 2 aromatic rings. The number of hydrogen-bond acceptors (Lipinski definition) is 4. The van der Waals surface area contributed by atoms with Crippen molar-refractivity contribution in [2.45, 2.75) is 26.5 Å². The van der Waals surface area contributed by atoms with Crippen LogP contribution < -0.4 is 19.5 Å². The molecule has 5 nitrogen and oxygen atoms in total. The van der Waals surface area contributed by atoms with Crippen LogP contribution in [0.5, 0.6) is 17.2 Å². The van der Waals surface area contributed by atoms with E-state index >= 15 is 0 Å². The molecule has 1 atom stereocenters. The molecule has 1 unspecified atom stereocenters. The largest absolute Gasteiger partial charge is 0.493 e. The normalized spacial score (nSPS) is 11.6. The monoisotopic (exact) mass is 425 g/mol. The van der Waals surface area contributed by atoms with E-state index in [1.54, 1.807) is 20.1 Å². The Morgan fingerprint density at radius 2 is 1.92 bits per heavy atom. The zero-order valence-corrected chi connectivity index (χ0v) is 16.4. The van der Waals surface area contributed by atoms with Crippen molar-refractivity contribution in [1.82, 2.24) is 5.32 Å². The lowest BCUT2D eigenvalue weighted by Gasteiger charge is -2.16. The molecule has 0 aliphatic carbocycles. The van der Waals surface area contributed by atoms with Crippen LogP contribution in [0.1, 0.15) is 19.4 Å². The zero-order chi connectivity index (χ0) is 19.1. The lowest BCUT2D eigenvalue weighted by molar-refractivity contribution is -0.127. The predicted octanol–water partition coefficient (Wildman–Crippen LogP) is 4.08. The lowest BCUT2D eigenvalue weighted by Crippen LogP contribution is -2.36. The minimum absolute atomic E-state index is 0.283. The Hall–Kier alpha value is -2.28. The van der Waals surface area contributed by atoms with Crippen LogP contribution in [0.3, 0.4) is 0 Å². The second-order valence-corrected chi connectivity index (χ2v) is 6.33. The molecule has 0 saturated heterocycles. The Balaban J connectivity index is 1.95. The van der Waals surface area contributed by atoms with Gasteiger partial charge in [0.15, 0.2) is 17.6 Å². The molecule has 2 aromatic carbocycles. The number of benzene rings is 2. The van der Waals surface area contributed by atoms with Gasteiger partial charge in [0.2, 0.25) is 0 Å². The zero-order valence-electron chi connectivity index (χ0n) is 14.8. The van der Waals surface area contributed by atoms with Gasteiger partial charge in [0, 0.05) is 6.54 Å². The van der Waals surface area contributed by atoms with Gasteiger partial charge in [0.05, 0.1) is 18.2 Å². The fourth-order valence-electron chi connectivity index (χ4n) is 2.24. The Morgan fingerprint density at radius 3 is 2.58 bits per heavy atom. The second-order valence-electron chi connectivity index (χ2n) is 5.47. The molecule has 0 fully saturated rings. The number of ether oxygens (including phenoxy) is 3. The van der Waals surface area contributed by atoms with E-state index in [1.165, 1.54) is 18.2 Å². The number of halogens is 2. The van der Waals surface area contributed by atoms with E-state index in [0.717, 1.165) is 5.56 Å². The van der Waals surface area contributed by atoms with Crippen LogP contribution in [-0.4, -0.2) is 25.7 Å². The second kappa shape index (κ2) is 9.43. The van der Waals surface area contributed by atoms with Gasteiger partial charge in [0.1, 0.15) is 11.6 Å². The van der Waals surface area contributed by atoms with Crippen molar-refractivity contribution in [3.63, 3.8) is 0 Å². The predicted molar refractivity (Wildman–Crippen MR) is 100 cm³/mol. The number of nitrogens with one attached hydrogen (secondary N) is 1. The summed E-state index contributed by atoms with van der Waals surface area (Å²) in [5, 5.41) is 2.80. The Kier molecular flexibility index (Phi) is 7.26. The average molecular weight is 426 g/mol. The fraction of sp³-hybridized carbons (Fsp3) is 0.316. The van der Waals surface area contributed by atoms with E-state index in [4.69, 9.17) is 14.2 Å². The SMILES string of the molecule is CCOc1ccc(CNC(=O)C(C)Oc2ccc(F)cc2Br)cc1OC. The third kappa shape index (κ3) is 5.36. The summed E-state index contributed by atoms with van der Waals surface area (Å²) in [5.74, 6) is 0.998. The summed E-state index contributed by atoms with van der Waals surface area (Å²) >= 11 is 3.21. The summed E-state index contributed by atoms with van der Waals surface area (Å²) < 4.78 is 29.9. The molecule has 0 aliphatic heterocycles. The average Bonchev–Trinajstić information content (AvgIpc) is 2.63. The summed E-state index contributed by atoms with van der Waals surface area (Å²) in [4.78, 5) is 12.2. The number of amides is 1. The maximum atomic E-state index is 13.1. The number of hydrogen-bond donors (Lipinski definition) is 1. The molecule has 1 amide bonds. The van der Waals surface area contributed by atoms with Crippen LogP contribution in [0, 0.1) is 5.82 Å². The molecule has 140 valence electrons. The summed E-state index contributed by atoms with van der Waals surface area (Å²) in [6, 6.07) is 9.51. The molecule has 0 aliphatic rings. The molecule has 0 bridgehead atoms. The minimum atomic E-state index is -0.735. The van der Waals surface area contributed by atoms with Crippen molar-refractivity contribution in [2.75, 3.05) is 13.7 Å². The highest BCUT2D eigenvalue weighted by molar-refractivity contribution is 9.10. The van der Waals surface area contributed by atoms with E-state index in [2.05, 4.69) is 21.2 Å². The maximum Gasteiger partial charge on any atom is 0.261 e. The highest BCUT2D eigenvalue weighted by atomic mass is 79.9. The van der Waals surface area contributed by atoms with Crippen molar-refractivity contribution in [3.05, 3.63) is 52.3 Å². The first kappa shape index (κ1) is 20.0. The Morgan fingerprint density at radius 1 is 1.19 bits per heavy atom. The third-order valence-corrected chi connectivity index (χ3v) is 4.18. The van der Waals surface area contributed by atoms with Gasteiger partial charge < -0.3 is 19.5 Å². The van der Waals surface area contributed by atoms with Gasteiger partial charge in [0.25, 0.3) is 5.91 Å². The van der Waals surface area contributed by atoms with E-state index in [0.29, 0.717) is 34.9 Å². The van der Waals surface area contributed by atoms with Crippen LogP contribution in [0.4, 0.5) is 4.39 Å². The summed E-state index contributed by atoms with van der Waals surface area (Å²) in [7, 11) is 1.57. The highest BCUT2D eigenvalue weighted by Crippen LogP contribution is 2.28. The minimum Gasteiger partial charge on any atom is -0.493 e. The van der Waals surface area contributed by atoms with Crippen LogP contribution in [0.2, 0.25) is 0 Å². The first-order chi connectivity index (χ1) is 12.4. The molecular weight excluding hydrogens is 405 g/mol. The Bertz CT molecular complexity index is 769. The van der Waals surface area contributed by atoms with Gasteiger partial charge in [-0.15, -0.1) is 0 Å². The maximum absolute atomic E-state index is 13.1. The standard InChI is InChI=1S/C19H21BrFNO4/c1-4-25-17-7-5-13(9-18(17)24-3)11-22-19(23)12(2)26-16-8-6-14(21)10-15(16)20/h5-10,12H,4,11H2,1-3H3,(H,22,23). The molecule has 26 heavy (non-hydrogen) atoms. The third-order valence-electron chi connectivity index (χ3n) is 3.56. The number of rotatable bonds is 8. The quantitative estimate of drug-likeness (QED) is 0.692. The molecule has 2 rings (SSSR count). The summed E-state index contributed by atoms with van der Waals surface area (Å²) in [6.45, 7) is 4.39. The lowest BCUT2D eigenvalue weighted by atomic mass is 10.2. The molecule has 0 saturated carbocycles. The molecule has 1 N–H and O–H groups in total. The van der Waals surface area contributed by atoms with Gasteiger partial charge in [-0.2, -0.15) is 0 Å². The molecule has 7 heteroatoms. The van der Waals surface area contributed by atoms with Crippen molar-refractivity contribution in [3.8, 4) is 17.2 Å². The van der Waals surface area contributed by atoms with Crippen molar-refractivity contribution >= 4 is 21.8 Å². The topological polar surface area (TPSA) is 56.8 Å². The first-order valence-electron chi connectivity index (χ1n) is 8.13. The van der Waals surface area contributed by atoms with Gasteiger partial charge in [-0.05, 0) is 65.7 Å². The smallest absolute Gasteiger partial charge is 0.261 e. The fourth-order valence-corrected chi connectivity index (χ4v) is 2.69. The summed E-state index contributed by atoms with van der Waals surface area (Å²) in [5.41, 5.74) is 0.869. The highest BCUT2D eigenvalue weighted by Gasteiger charge is 2.16. The van der Waals surface area contributed by atoms with Crippen molar-refractivity contribution in [1.29, 1.82) is 0 Å². The molecule has 0 aromatic heterocycles. The number of carbonyl (C=O) groups excluding carboxylic acids is 1. The van der Waals surface area contributed by atoms with E-state index in [9.17, 15) is 9.18 Å². The van der Waals surface area contributed by atoms with Gasteiger partial charge in [-0.3, -0.25) is 4.79 Å².